The van der Waals surface area contributed by atoms with E-state index in [0.29, 0.717) is 17.8 Å². The number of rotatable bonds is 10. The summed E-state index contributed by atoms with van der Waals surface area (Å²) < 4.78 is 45.0. The van der Waals surface area contributed by atoms with Crippen LogP contribution in [0.1, 0.15) is 55.1 Å². The fraction of sp³-hybridized carbons (Fsp3) is 0.304. The molecule has 0 aliphatic rings. The van der Waals surface area contributed by atoms with Crippen molar-refractivity contribution in [3.63, 3.8) is 0 Å². The molecule has 3 atom stereocenters. The summed E-state index contributed by atoms with van der Waals surface area (Å²) in [7, 11) is -4.23. The van der Waals surface area contributed by atoms with Crippen molar-refractivity contribution in [1.29, 1.82) is 0 Å². The third kappa shape index (κ3) is 5.05. The molecule has 1 aromatic carbocycles. The minimum atomic E-state index is -4.23. The monoisotopic (exact) mass is 486 g/mol. The Morgan fingerprint density at radius 1 is 1.21 bits per heavy atom. The number of sulfonamides is 1. The SMILES string of the molecule is C=CC[C@@H](C)c1nnc(NS(=O)(=O)[C@@H](C)[C@@H](O)c2ncc(C)cn2)n1-c1c(F)cccc1C=C. The van der Waals surface area contributed by atoms with Crippen LogP contribution in [0.5, 0.6) is 0 Å². The molecule has 34 heavy (non-hydrogen) atoms. The molecule has 2 heterocycles. The Labute approximate surface area is 198 Å². The normalized spacial score (nSPS) is 14.3. The third-order valence-electron chi connectivity index (χ3n) is 5.34. The number of hydrogen-bond donors (Lipinski definition) is 2. The first kappa shape index (κ1) is 25.2. The highest BCUT2D eigenvalue weighted by Gasteiger charge is 2.33. The highest BCUT2D eigenvalue weighted by atomic mass is 32.2. The largest absolute Gasteiger partial charge is 0.384 e. The molecule has 0 aliphatic carbocycles. The molecule has 0 unspecified atom stereocenters. The lowest BCUT2D eigenvalue weighted by Gasteiger charge is -2.20. The van der Waals surface area contributed by atoms with Crippen molar-refractivity contribution >= 4 is 22.0 Å². The maximum absolute atomic E-state index is 15.0. The fourth-order valence-corrected chi connectivity index (χ4v) is 4.38. The number of aromatic nitrogens is 5. The molecule has 0 radical (unpaired) electrons. The van der Waals surface area contributed by atoms with Gasteiger partial charge in [0.25, 0.3) is 0 Å². The summed E-state index contributed by atoms with van der Waals surface area (Å²) in [5.74, 6) is -0.771. The molecule has 180 valence electrons. The standard InChI is InChI=1S/C23H27FN6O3S/c1-6-9-15(4)22-27-28-23(30(22)19-17(7-2)10-8-11-18(19)24)29-34(32,33)16(5)20(31)21-25-12-14(3)13-26-21/h6-8,10-13,15-16,20,31H,1-2,9H2,3-5H3,(H,28,29)/t15-,16+,20-/m1/s1. The summed E-state index contributed by atoms with van der Waals surface area (Å²) >= 11 is 0. The van der Waals surface area contributed by atoms with Gasteiger partial charge in [0.2, 0.25) is 16.0 Å². The minimum absolute atomic E-state index is 0.0340. The number of hydrogen-bond acceptors (Lipinski definition) is 7. The van der Waals surface area contributed by atoms with Crippen molar-refractivity contribution in [3.8, 4) is 5.69 Å². The van der Waals surface area contributed by atoms with E-state index in [1.54, 1.807) is 19.1 Å². The van der Waals surface area contributed by atoms with E-state index in [4.69, 9.17) is 0 Å². The number of aryl methyl sites for hydroxylation is 1. The molecule has 0 fully saturated rings. The topological polar surface area (TPSA) is 123 Å². The van der Waals surface area contributed by atoms with Crippen molar-refractivity contribution in [2.24, 2.45) is 0 Å². The lowest BCUT2D eigenvalue weighted by molar-refractivity contribution is 0.166. The van der Waals surface area contributed by atoms with Crippen LogP contribution in [0.4, 0.5) is 10.3 Å². The fourth-order valence-electron chi connectivity index (χ4n) is 3.35. The van der Waals surface area contributed by atoms with Crippen LogP contribution in [0.25, 0.3) is 11.8 Å². The van der Waals surface area contributed by atoms with Crippen LogP contribution in [0.15, 0.2) is 49.8 Å². The average Bonchev–Trinajstić information content (AvgIpc) is 3.20. The third-order valence-corrected chi connectivity index (χ3v) is 7.05. The van der Waals surface area contributed by atoms with Crippen LogP contribution in [0, 0.1) is 12.7 Å². The quantitative estimate of drug-likeness (QED) is 0.419. The lowest BCUT2D eigenvalue weighted by Crippen LogP contribution is -2.32. The van der Waals surface area contributed by atoms with Gasteiger partial charge < -0.3 is 5.11 Å². The first-order valence-electron chi connectivity index (χ1n) is 10.6. The smallest absolute Gasteiger partial charge is 0.243 e. The van der Waals surface area contributed by atoms with E-state index >= 15 is 4.39 Å². The van der Waals surface area contributed by atoms with Gasteiger partial charge in [-0.3, -0.25) is 9.29 Å². The van der Waals surface area contributed by atoms with Crippen LogP contribution in [-0.4, -0.2) is 43.5 Å². The van der Waals surface area contributed by atoms with Crippen molar-refractivity contribution in [2.75, 3.05) is 4.72 Å². The number of nitrogens with one attached hydrogen (secondary N) is 1. The molecule has 2 N–H and O–H groups in total. The van der Waals surface area contributed by atoms with E-state index in [0.717, 1.165) is 5.56 Å². The maximum Gasteiger partial charge on any atom is 0.243 e. The molecule has 11 heteroatoms. The van der Waals surface area contributed by atoms with Crippen LogP contribution < -0.4 is 4.72 Å². The molecular weight excluding hydrogens is 459 g/mol. The van der Waals surface area contributed by atoms with Crippen LogP contribution in [0.2, 0.25) is 0 Å². The summed E-state index contributed by atoms with van der Waals surface area (Å²) in [5, 5.41) is 17.4. The Kier molecular flexibility index (Phi) is 7.57. The van der Waals surface area contributed by atoms with E-state index in [2.05, 4.69) is 38.0 Å². The van der Waals surface area contributed by atoms with Gasteiger partial charge in [-0.15, -0.1) is 16.8 Å². The summed E-state index contributed by atoms with van der Waals surface area (Å²) in [6.45, 7) is 12.4. The second-order valence-electron chi connectivity index (χ2n) is 7.94. The van der Waals surface area contributed by atoms with Gasteiger partial charge in [0, 0.05) is 23.9 Å². The maximum atomic E-state index is 15.0. The average molecular weight is 487 g/mol. The molecular formula is C23H27FN6O3S. The Morgan fingerprint density at radius 2 is 1.88 bits per heavy atom. The first-order valence-corrected chi connectivity index (χ1v) is 12.1. The number of para-hydroxylation sites is 1. The van der Waals surface area contributed by atoms with Gasteiger partial charge in [0.15, 0.2) is 5.82 Å². The zero-order chi connectivity index (χ0) is 25.0. The predicted octanol–water partition coefficient (Wildman–Crippen LogP) is 3.69. The first-order chi connectivity index (χ1) is 16.1. The molecule has 0 amide bonds. The summed E-state index contributed by atoms with van der Waals surface area (Å²) in [6, 6.07) is 4.42. The number of nitrogens with zero attached hydrogens (tertiary/aromatic N) is 5. The molecule has 0 aliphatic heterocycles. The highest BCUT2D eigenvalue weighted by molar-refractivity contribution is 7.93. The number of anilines is 1. The van der Waals surface area contributed by atoms with Gasteiger partial charge in [-0.05, 0) is 31.9 Å². The number of aliphatic hydroxyl groups excluding tert-OH is 1. The summed E-state index contributed by atoms with van der Waals surface area (Å²) in [4.78, 5) is 8.02. The number of allylic oxidation sites excluding steroid dienone is 1. The van der Waals surface area contributed by atoms with Gasteiger partial charge in [-0.25, -0.2) is 22.8 Å². The van der Waals surface area contributed by atoms with Gasteiger partial charge >= 0.3 is 0 Å². The van der Waals surface area contributed by atoms with E-state index in [1.807, 2.05) is 6.92 Å². The Balaban J connectivity index is 2.07. The minimum Gasteiger partial charge on any atom is -0.384 e. The van der Waals surface area contributed by atoms with E-state index in [1.165, 1.54) is 42.1 Å². The zero-order valence-corrected chi connectivity index (χ0v) is 20.0. The zero-order valence-electron chi connectivity index (χ0n) is 19.2. The van der Waals surface area contributed by atoms with Crippen LogP contribution >= 0.6 is 0 Å². The van der Waals surface area contributed by atoms with Crippen LogP contribution in [0.3, 0.4) is 0 Å². The second kappa shape index (κ2) is 10.2. The highest BCUT2D eigenvalue weighted by Crippen LogP contribution is 2.30. The molecule has 0 spiro atoms. The Bertz CT molecular complexity index is 1290. The van der Waals surface area contributed by atoms with Gasteiger partial charge in [0.05, 0.1) is 5.69 Å². The molecule has 0 bridgehead atoms. The van der Waals surface area contributed by atoms with E-state index < -0.39 is 27.2 Å². The number of halogens is 1. The number of aliphatic hydroxyl groups is 1. The van der Waals surface area contributed by atoms with Crippen molar-refractivity contribution in [2.45, 2.75) is 44.5 Å². The van der Waals surface area contributed by atoms with Crippen molar-refractivity contribution in [1.82, 2.24) is 24.7 Å². The molecule has 3 rings (SSSR count). The van der Waals surface area contributed by atoms with E-state index in [9.17, 15) is 13.5 Å². The molecule has 2 aromatic heterocycles. The lowest BCUT2D eigenvalue weighted by atomic mass is 10.1. The Morgan fingerprint density at radius 3 is 2.50 bits per heavy atom. The Hall–Kier alpha value is -3.44. The van der Waals surface area contributed by atoms with Gasteiger partial charge in [-0.1, -0.05) is 37.8 Å². The van der Waals surface area contributed by atoms with Gasteiger partial charge in [-0.2, -0.15) is 0 Å². The molecule has 0 saturated carbocycles. The number of benzene rings is 1. The molecule has 0 saturated heterocycles. The van der Waals surface area contributed by atoms with Gasteiger partial charge in [0.1, 0.15) is 23.0 Å². The van der Waals surface area contributed by atoms with Crippen LogP contribution in [-0.2, 0) is 10.0 Å². The molecule has 3 aromatic rings. The van der Waals surface area contributed by atoms with Crippen molar-refractivity contribution < 1.29 is 17.9 Å². The van der Waals surface area contributed by atoms with E-state index in [-0.39, 0.29) is 23.4 Å². The molecule has 9 nitrogen and oxygen atoms in total. The van der Waals surface area contributed by atoms with Crippen molar-refractivity contribution in [3.05, 3.63) is 78.4 Å². The predicted molar refractivity (Wildman–Crippen MR) is 128 cm³/mol. The summed E-state index contributed by atoms with van der Waals surface area (Å²) in [5.41, 5.74) is 1.25. The second-order valence-corrected chi connectivity index (χ2v) is 9.98. The summed E-state index contributed by atoms with van der Waals surface area (Å²) in [6.07, 6.45) is 5.10.